The standard InChI is InChI=1S/C20H19FN4O3/c1-13-23-10-16(11-24-13)27-7-2-8-28-19-12-25-18(20(22)26)9-17(19)14-3-5-15(21)6-4-14/h3-6,9-12H,2,7-8H2,1H3,(H2,22,26). The first-order valence-corrected chi connectivity index (χ1v) is 8.63. The first-order valence-electron chi connectivity index (χ1n) is 8.63. The molecule has 2 N–H and O–H groups in total. The summed E-state index contributed by atoms with van der Waals surface area (Å²) in [6, 6.07) is 7.40. The van der Waals surface area contributed by atoms with Gasteiger partial charge in [-0.2, -0.15) is 0 Å². The Bertz CT molecular complexity index is 947. The second-order valence-electron chi connectivity index (χ2n) is 5.95. The van der Waals surface area contributed by atoms with Crippen LogP contribution in [0.4, 0.5) is 4.39 Å². The molecule has 3 rings (SSSR count). The van der Waals surface area contributed by atoms with Crippen LogP contribution in [0, 0.1) is 12.7 Å². The molecule has 2 aromatic heterocycles. The number of pyridine rings is 1. The molecule has 0 saturated heterocycles. The highest BCUT2D eigenvalue weighted by atomic mass is 19.1. The summed E-state index contributed by atoms with van der Waals surface area (Å²) in [5.74, 6) is 0.729. The first-order chi connectivity index (χ1) is 13.5. The first kappa shape index (κ1) is 19.2. The largest absolute Gasteiger partial charge is 0.491 e. The molecular weight excluding hydrogens is 363 g/mol. The van der Waals surface area contributed by atoms with Crippen LogP contribution < -0.4 is 15.2 Å². The number of halogens is 1. The van der Waals surface area contributed by atoms with E-state index >= 15 is 0 Å². The molecule has 8 heteroatoms. The highest BCUT2D eigenvalue weighted by Gasteiger charge is 2.12. The Morgan fingerprint density at radius 3 is 2.39 bits per heavy atom. The van der Waals surface area contributed by atoms with Crippen LogP contribution in [0.15, 0.2) is 48.9 Å². The fourth-order valence-electron chi connectivity index (χ4n) is 2.43. The summed E-state index contributed by atoms with van der Waals surface area (Å²) in [4.78, 5) is 23.6. The molecule has 0 fully saturated rings. The van der Waals surface area contributed by atoms with Crippen molar-refractivity contribution < 1.29 is 18.7 Å². The van der Waals surface area contributed by atoms with E-state index in [1.54, 1.807) is 31.5 Å². The molecule has 0 unspecified atom stereocenters. The van der Waals surface area contributed by atoms with E-state index in [1.165, 1.54) is 24.4 Å². The monoisotopic (exact) mass is 382 g/mol. The Labute approximate surface area is 161 Å². The summed E-state index contributed by atoms with van der Waals surface area (Å²) < 4.78 is 24.6. The number of primary amides is 1. The number of aromatic nitrogens is 3. The third-order valence-corrected chi connectivity index (χ3v) is 3.85. The predicted octanol–water partition coefficient (Wildman–Crippen LogP) is 2.93. The minimum atomic E-state index is -0.649. The number of hydrogen-bond acceptors (Lipinski definition) is 6. The topological polar surface area (TPSA) is 100 Å². The molecule has 7 nitrogen and oxygen atoms in total. The van der Waals surface area contributed by atoms with Gasteiger partial charge in [0.15, 0.2) is 5.75 Å². The zero-order valence-electron chi connectivity index (χ0n) is 15.3. The van der Waals surface area contributed by atoms with Gasteiger partial charge in [-0.3, -0.25) is 4.79 Å². The molecular formula is C20H19FN4O3. The van der Waals surface area contributed by atoms with Crippen LogP contribution in [0.3, 0.4) is 0 Å². The van der Waals surface area contributed by atoms with Gasteiger partial charge in [-0.25, -0.2) is 19.3 Å². The summed E-state index contributed by atoms with van der Waals surface area (Å²) in [6.07, 6.45) is 5.27. The molecule has 1 aromatic carbocycles. The van der Waals surface area contributed by atoms with E-state index in [2.05, 4.69) is 15.0 Å². The van der Waals surface area contributed by atoms with Crippen molar-refractivity contribution >= 4 is 5.91 Å². The van der Waals surface area contributed by atoms with Crippen molar-refractivity contribution in [1.82, 2.24) is 15.0 Å². The molecule has 144 valence electrons. The lowest BCUT2D eigenvalue weighted by molar-refractivity contribution is 0.0995. The highest BCUT2D eigenvalue weighted by Crippen LogP contribution is 2.30. The van der Waals surface area contributed by atoms with Crippen molar-refractivity contribution in [2.75, 3.05) is 13.2 Å². The van der Waals surface area contributed by atoms with Crippen molar-refractivity contribution in [3.05, 3.63) is 66.3 Å². The molecule has 1 amide bonds. The lowest BCUT2D eigenvalue weighted by atomic mass is 10.0. The highest BCUT2D eigenvalue weighted by molar-refractivity contribution is 5.92. The SMILES string of the molecule is Cc1ncc(OCCCOc2cnc(C(N)=O)cc2-c2ccc(F)cc2)cn1. The zero-order chi connectivity index (χ0) is 19.9. The van der Waals surface area contributed by atoms with E-state index in [9.17, 15) is 9.18 Å². The molecule has 0 saturated carbocycles. The van der Waals surface area contributed by atoms with Crippen molar-refractivity contribution in [2.45, 2.75) is 13.3 Å². The Kier molecular flexibility index (Phi) is 6.11. The maximum Gasteiger partial charge on any atom is 0.267 e. The number of benzene rings is 1. The maximum atomic E-state index is 13.2. The Morgan fingerprint density at radius 2 is 1.71 bits per heavy atom. The number of carbonyl (C=O) groups is 1. The second kappa shape index (κ2) is 8.90. The number of rotatable bonds is 8. The lowest BCUT2D eigenvalue weighted by Gasteiger charge is -2.13. The number of aryl methyl sites for hydroxylation is 1. The molecule has 28 heavy (non-hydrogen) atoms. The van der Waals surface area contributed by atoms with Crippen LogP contribution in [0.25, 0.3) is 11.1 Å². The number of amides is 1. The average molecular weight is 382 g/mol. The number of nitrogens with zero attached hydrogens (tertiary/aromatic N) is 3. The smallest absolute Gasteiger partial charge is 0.267 e. The van der Waals surface area contributed by atoms with Crippen molar-refractivity contribution in [1.29, 1.82) is 0 Å². The fraction of sp³-hybridized carbons (Fsp3) is 0.200. The van der Waals surface area contributed by atoms with Gasteiger partial charge in [-0.15, -0.1) is 0 Å². The van der Waals surface area contributed by atoms with Gasteiger partial charge in [0.1, 0.15) is 23.1 Å². The predicted molar refractivity (Wildman–Crippen MR) is 101 cm³/mol. The summed E-state index contributed by atoms with van der Waals surface area (Å²) in [6.45, 7) is 2.58. The van der Waals surface area contributed by atoms with Crippen LogP contribution in [0.2, 0.25) is 0 Å². The summed E-state index contributed by atoms with van der Waals surface area (Å²) >= 11 is 0. The van der Waals surface area contributed by atoms with E-state index in [0.717, 1.165) is 0 Å². The van der Waals surface area contributed by atoms with Crippen LogP contribution in [0.5, 0.6) is 11.5 Å². The molecule has 0 atom stereocenters. The molecule has 0 radical (unpaired) electrons. The quantitative estimate of drug-likeness (QED) is 0.601. The number of carbonyl (C=O) groups excluding carboxylic acids is 1. The van der Waals surface area contributed by atoms with E-state index in [0.29, 0.717) is 48.1 Å². The average Bonchev–Trinajstić information content (AvgIpc) is 2.70. The van der Waals surface area contributed by atoms with Crippen molar-refractivity contribution in [3.8, 4) is 22.6 Å². The van der Waals surface area contributed by atoms with E-state index in [4.69, 9.17) is 15.2 Å². The second-order valence-corrected chi connectivity index (χ2v) is 5.95. The van der Waals surface area contributed by atoms with Crippen LogP contribution in [-0.2, 0) is 0 Å². The molecule has 3 aromatic rings. The minimum absolute atomic E-state index is 0.106. The molecule has 0 aliphatic rings. The lowest BCUT2D eigenvalue weighted by Crippen LogP contribution is -2.13. The van der Waals surface area contributed by atoms with Gasteiger partial charge >= 0.3 is 0 Å². The number of ether oxygens (including phenoxy) is 2. The zero-order valence-corrected chi connectivity index (χ0v) is 15.3. The molecule has 0 spiro atoms. The summed E-state index contributed by atoms with van der Waals surface area (Å²) in [5.41, 5.74) is 6.71. The van der Waals surface area contributed by atoms with Crippen LogP contribution >= 0.6 is 0 Å². The van der Waals surface area contributed by atoms with Gasteiger partial charge in [0, 0.05) is 12.0 Å². The van der Waals surface area contributed by atoms with E-state index in [1.807, 2.05) is 0 Å². The van der Waals surface area contributed by atoms with Gasteiger partial charge < -0.3 is 15.2 Å². The molecule has 0 bridgehead atoms. The van der Waals surface area contributed by atoms with Crippen molar-refractivity contribution in [2.24, 2.45) is 5.73 Å². The van der Waals surface area contributed by atoms with Crippen LogP contribution in [0.1, 0.15) is 22.7 Å². The minimum Gasteiger partial charge on any atom is -0.491 e. The number of nitrogens with two attached hydrogens (primary N) is 1. The van der Waals surface area contributed by atoms with Gasteiger partial charge in [-0.1, -0.05) is 12.1 Å². The Balaban J connectivity index is 1.64. The maximum absolute atomic E-state index is 13.2. The third-order valence-electron chi connectivity index (χ3n) is 3.85. The van der Waals surface area contributed by atoms with Crippen LogP contribution in [-0.4, -0.2) is 34.1 Å². The molecule has 0 aliphatic carbocycles. The van der Waals surface area contributed by atoms with Gasteiger partial charge in [0.05, 0.1) is 31.8 Å². The van der Waals surface area contributed by atoms with E-state index in [-0.39, 0.29) is 11.5 Å². The summed E-state index contributed by atoms with van der Waals surface area (Å²) in [7, 11) is 0. The normalized spacial score (nSPS) is 10.5. The van der Waals surface area contributed by atoms with Gasteiger partial charge in [-0.05, 0) is 30.7 Å². The Morgan fingerprint density at radius 1 is 1.04 bits per heavy atom. The Hall–Kier alpha value is -3.55. The van der Waals surface area contributed by atoms with E-state index < -0.39 is 5.91 Å². The number of hydrogen-bond donors (Lipinski definition) is 1. The van der Waals surface area contributed by atoms with Crippen molar-refractivity contribution in [3.63, 3.8) is 0 Å². The van der Waals surface area contributed by atoms with Gasteiger partial charge in [0.2, 0.25) is 0 Å². The molecule has 0 aliphatic heterocycles. The van der Waals surface area contributed by atoms with Gasteiger partial charge in [0.25, 0.3) is 5.91 Å². The fourth-order valence-corrected chi connectivity index (χ4v) is 2.43. The summed E-state index contributed by atoms with van der Waals surface area (Å²) in [5, 5.41) is 0. The third kappa shape index (κ3) is 5.00. The molecule has 2 heterocycles.